The summed E-state index contributed by atoms with van der Waals surface area (Å²) in [6.45, 7) is 6.24. The quantitative estimate of drug-likeness (QED) is 0.597. The summed E-state index contributed by atoms with van der Waals surface area (Å²) in [5.74, 6) is 0.328. The third-order valence-electron chi connectivity index (χ3n) is 2.54. The Hall–Kier alpha value is -1.02. The molecule has 0 aromatic heterocycles. The molecule has 0 fully saturated rings. The molecule has 0 aliphatic rings. The van der Waals surface area contributed by atoms with E-state index >= 15 is 0 Å². The van der Waals surface area contributed by atoms with Gasteiger partial charge < -0.3 is 4.74 Å². The summed E-state index contributed by atoms with van der Waals surface area (Å²) >= 11 is 5.79. The number of carbonyl (C=O) groups excluding carboxylic acids is 1. The second kappa shape index (κ2) is 5.90. The van der Waals surface area contributed by atoms with Crippen molar-refractivity contribution in [2.45, 2.75) is 33.1 Å². The highest BCUT2D eigenvalue weighted by atomic mass is 35.5. The Morgan fingerprint density at radius 1 is 1.31 bits per heavy atom. The van der Waals surface area contributed by atoms with Crippen molar-refractivity contribution in [3.8, 4) is 0 Å². The molecule has 1 aromatic carbocycles. The summed E-state index contributed by atoms with van der Waals surface area (Å²) in [6.07, 6.45) is 0.341. The van der Waals surface area contributed by atoms with Gasteiger partial charge in [-0.05, 0) is 43.0 Å². The van der Waals surface area contributed by atoms with E-state index in [1.807, 2.05) is 32.9 Å². The zero-order valence-corrected chi connectivity index (χ0v) is 10.7. The molecule has 0 aliphatic carbocycles. The van der Waals surface area contributed by atoms with Gasteiger partial charge in [-0.15, -0.1) is 11.6 Å². The van der Waals surface area contributed by atoms with Gasteiger partial charge in [-0.2, -0.15) is 0 Å². The second-order valence-corrected chi connectivity index (χ2v) is 4.09. The summed E-state index contributed by atoms with van der Waals surface area (Å²) in [7, 11) is 0. The molecule has 2 nitrogen and oxygen atoms in total. The number of ether oxygens (including phenoxy) is 1. The van der Waals surface area contributed by atoms with E-state index in [2.05, 4.69) is 0 Å². The maximum Gasteiger partial charge on any atom is 0.310 e. The van der Waals surface area contributed by atoms with Gasteiger partial charge in [0.05, 0.1) is 13.0 Å². The Labute approximate surface area is 102 Å². The zero-order chi connectivity index (χ0) is 12.1. The van der Waals surface area contributed by atoms with Crippen LogP contribution in [0.5, 0.6) is 0 Å². The monoisotopic (exact) mass is 240 g/mol. The molecule has 0 spiro atoms. The third kappa shape index (κ3) is 3.24. The summed E-state index contributed by atoms with van der Waals surface area (Å²) in [5.41, 5.74) is 4.34. The number of rotatable bonds is 4. The van der Waals surface area contributed by atoms with E-state index in [-0.39, 0.29) is 5.97 Å². The summed E-state index contributed by atoms with van der Waals surface area (Å²) in [6, 6.07) is 4.04. The van der Waals surface area contributed by atoms with Crippen molar-refractivity contribution in [3.63, 3.8) is 0 Å². The molecule has 0 unspecified atom stereocenters. The summed E-state index contributed by atoms with van der Waals surface area (Å²) in [5, 5.41) is 0. The number of esters is 1. The minimum atomic E-state index is -0.174. The number of carbonyl (C=O) groups is 1. The number of hydrogen-bond donors (Lipinski definition) is 0. The van der Waals surface area contributed by atoms with Crippen LogP contribution in [0.3, 0.4) is 0 Å². The maximum absolute atomic E-state index is 11.4. The number of alkyl halides is 1. The van der Waals surface area contributed by atoms with Gasteiger partial charge >= 0.3 is 5.97 Å². The van der Waals surface area contributed by atoms with E-state index in [0.717, 1.165) is 22.3 Å². The SMILES string of the molecule is CCOC(=O)Cc1c(C)cc(CCl)cc1C. The third-order valence-corrected chi connectivity index (χ3v) is 2.85. The molecule has 3 heteroatoms. The second-order valence-electron chi connectivity index (χ2n) is 3.82. The Morgan fingerprint density at radius 3 is 2.31 bits per heavy atom. The lowest BCUT2D eigenvalue weighted by molar-refractivity contribution is -0.142. The molecule has 0 bridgehead atoms. The van der Waals surface area contributed by atoms with Gasteiger partial charge in [-0.1, -0.05) is 12.1 Å². The Morgan fingerprint density at radius 2 is 1.88 bits per heavy atom. The van der Waals surface area contributed by atoms with Crippen LogP contribution in [-0.4, -0.2) is 12.6 Å². The smallest absolute Gasteiger partial charge is 0.310 e. The molecule has 0 N–H and O–H groups in total. The van der Waals surface area contributed by atoms with E-state index in [1.165, 1.54) is 0 Å². The van der Waals surface area contributed by atoms with Gasteiger partial charge in [0.1, 0.15) is 0 Å². The number of halogens is 1. The van der Waals surface area contributed by atoms with Crippen LogP contribution in [0.2, 0.25) is 0 Å². The molecule has 0 saturated carbocycles. The minimum Gasteiger partial charge on any atom is -0.466 e. The van der Waals surface area contributed by atoms with Crippen LogP contribution in [-0.2, 0) is 21.8 Å². The van der Waals surface area contributed by atoms with Crippen molar-refractivity contribution in [2.24, 2.45) is 0 Å². The average Bonchev–Trinajstić information content (AvgIpc) is 2.23. The van der Waals surface area contributed by atoms with Crippen molar-refractivity contribution in [1.29, 1.82) is 0 Å². The summed E-state index contributed by atoms with van der Waals surface area (Å²) in [4.78, 5) is 11.4. The first kappa shape index (κ1) is 13.0. The minimum absolute atomic E-state index is 0.174. The normalized spacial score (nSPS) is 10.2. The fourth-order valence-electron chi connectivity index (χ4n) is 1.80. The molecule has 88 valence electrons. The lowest BCUT2D eigenvalue weighted by atomic mass is 9.97. The Bertz CT molecular complexity index is 363. The van der Waals surface area contributed by atoms with E-state index in [9.17, 15) is 4.79 Å². The number of aryl methyl sites for hydroxylation is 2. The first-order valence-electron chi connectivity index (χ1n) is 5.39. The molecule has 0 amide bonds. The molecule has 0 radical (unpaired) electrons. The number of benzene rings is 1. The van der Waals surface area contributed by atoms with Crippen molar-refractivity contribution in [1.82, 2.24) is 0 Å². The van der Waals surface area contributed by atoms with Crippen LogP contribution in [0, 0.1) is 13.8 Å². The highest BCUT2D eigenvalue weighted by Gasteiger charge is 2.10. The van der Waals surface area contributed by atoms with Crippen LogP contribution >= 0.6 is 11.6 Å². The fraction of sp³-hybridized carbons (Fsp3) is 0.462. The summed E-state index contributed by atoms with van der Waals surface area (Å²) < 4.78 is 4.95. The van der Waals surface area contributed by atoms with Gasteiger partial charge in [0.25, 0.3) is 0 Å². The number of hydrogen-bond acceptors (Lipinski definition) is 2. The first-order chi connectivity index (χ1) is 7.58. The molecular weight excluding hydrogens is 224 g/mol. The first-order valence-corrected chi connectivity index (χ1v) is 5.92. The van der Waals surface area contributed by atoms with E-state index < -0.39 is 0 Å². The maximum atomic E-state index is 11.4. The van der Waals surface area contributed by atoms with Gasteiger partial charge in [0.15, 0.2) is 0 Å². The van der Waals surface area contributed by atoms with Crippen LogP contribution in [0.25, 0.3) is 0 Å². The fourth-order valence-corrected chi connectivity index (χ4v) is 1.95. The Balaban J connectivity index is 2.92. The highest BCUT2D eigenvalue weighted by molar-refractivity contribution is 6.17. The van der Waals surface area contributed by atoms with Crippen LogP contribution in [0.15, 0.2) is 12.1 Å². The molecule has 0 aliphatic heterocycles. The topological polar surface area (TPSA) is 26.3 Å². The highest BCUT2D eigenvalue weighted by Crippen LogP contribution is 2.19. The average molecular weight is 241 g/mol. The van der Waals surface area contributed by atoms with Crippen molar-refractivity contribution in [2.75, 3.05) is 6.61 Å². The van der Waals surface area contributed by atoms with Gasteiger partial charge in [-0.25, -0.2) is 0 Å². The van der Waals surface area contributed by atoms with Gasteiger partial charge in [-0.3, -0.25) is 4.79 Å². The standard InChI is InChI=1S/C13H17ClO2/c1-4-16-13(15)7-12-9(2)5-11(8-14)6-10(12)3/h5-6H,4,7-8H2,1-3H3. The molecule has 1 rings (SSSR count). The van der Waals surface area contributed by atoms with Crippen LogP contribution in [0.1, 0.15) is 29.2 Å². The van der Waals surface area contributed by atoms with Crippen molar-refractivity contribution >= 4 is 17.6 Å². The lowest BCUT2D eigenvalue weighted by Crippen LogP contribution is -2.10. The Kier molecular flexibility index (Phi) is 4.81. The predicted molar refractivity (Wildman–Crippen MR) is 65.8 cm³/mol. The van der Waals surface area contributed by atoms with Crippen molar-refractivity contribution < 1.29 is 9.53 Å². The molecule has 1 aromatic rings. The molecule has 16 heavy (non-hydrogen) atoms. The van der Waals surface area contributed by atoms with E-state index in [1.54, 1.807) is 0 Å². The van der Waals surface area contributed by atoms with E-state index in [4.69, 9.17) is 16.3 Å². The van der Waals surface area contributed by atoms with Crippen LogP contribution in [0.4, 0.5) is 0 Å². The van der Waals surface area contributed by atoms with Crippen LogP contribution < -0.4 is 0 Å². The van der Waals surface area contributed by atoms with E-state index in [0.29, 0.717) is 18.9 Å². The zero-order valence-electron chi connectivity index (χ0n) is 9.97. The molecule has 0 atom stereocenters. The van der Waals surface area contributed by atoms with Gasteiger partial charge in [0, 0.05) is 5.88 Å². The molecule has 0 heterocycles. The molecule has 0 saturated heterocycles. The largest absolute Gasteiger partial charge is 0.466 e. The van der Waals surface area contributed by atoms with Crippen molar-refractivity contribution in [3.05, 3.63) is 34.4 Å². The lowest BCUT2D eigenvalue weighted by Gasteiger charge is -2.11. The molecular formula is C13H17ClO2. The van der Waals surface area contributed by atoms with Gasteiger partial charge in [0.2, 0.25) is 0 Å². The predicted octanol–water partition coefficient (Wildman–Crippen LogP) is 3.15.